The van der Waals surface area contributed by atoms with E-state index in [9.17, 15) is 0 Å². The first-order valence-corrected chi connectivity index (χ1v) is 8.42. The van der Waals surface area contributed by atoms with Crippen molar-refractivity contribution in [3.8, 4) is 5.75 Å². The van der Waals surface area contributed by atoms with E-state index in [4.69, 9.17) is 4.74 Å². The molecule has 4 nitrogen and oxygen atoms in total. The fraction of sp³-hybridized carbons (Fsp3) is 0.412. The molecule has 1 unspecified atom stereocenters. The van der Waals surface area contributed by atoms with Crippen LogP contribution in [-0.2, 0) is 6.54 Å². The van der Waals surface area contributed by atoms with Crippen molar-refractivity contribution in [2.45, 2.75) is 25.9 Å². The lowest BCUT2D eigenvalue weighted by Gasteiger charge is -2.13. The number of ether oxygens (including phenoxy) is 1. The van der Waals surface area contributed by atoms with Crippen molar-refractivity contribution < 1.29 is 4.74 Å². The number of nitrogens with one attached hydrogen (secondary N) is 1. The Morgan fingerprint density at radius 2 is 2.45 bits per heavy atom. The zero-order chi connectivity index (χ0) is 15.8. The fourth-order valence-corrected chi connectivity index (χ4v) is 3.24. The third-order valence-electron chi connectivity index (χ3n) is 3.60. The van der Waals surface area contributed by atoms with Crippen molar-refractivity contribution in [3.05, 3.63) is 42.5 Å². The number of hydrogen-bond donors (Lipinski definition) is 1. The van der Waals surface area contributed by atoms with Gasteiger partial charge in [-0.3, -0.25) is 4.99 Å². The molecule has 1 aromatic rings. The molecule has 0 saturated heterocycles. The lowest BCUT2D eigenvalue weighted by molar-refractivity contribution is 0.414. The Kier molecular flexibility index (Phi) is 6.52. The number of rotatable bonds is 8. The third-order valence-corrected chi connectivity index (χ3v) is 4.68. The van der Waals surface area contributed by atoms with Crippen LogP contribution < -0.4 is 10.2 Å². The van der Waals surface area contributed by atoms with Gasteiger partial charge in [0.05, 0.1) is 24.7 Å². The molecule has 0 amide bonds. The van der Waals surface area contributed by atoms with Crippen LogP contribution in [0.25, 0.3) is 0 Å². The average Bonchev–Trinajstić information content (AvgIpc) is 3.04. The molecule has 1 aliphatic heterocycles. The lowest BCUT2D eigenvalue weighted by atomic mass is 10.0. The molecule has 1 N–H and O–H groups in total. The average molecular weight is 317 g/mol. The summed E-state index contributed by atoms with van der Waals surface area (Å²) in [6.45, 7) is 6.68. The molecule has 1 aromatic carbocycles. The maximum atomic E-state index is 5.20. The molecule has 0 aliphatic carbocycles. The van der Waals surface area contributed by atoms with Gasteiger partial charge in [0, 0.05) is 12.0 Å². The van der Waals surface area contributed by atoms with Gasteiger partial charge in [-0.05, 0) is 36.1 Å². The van der Waals surface area contributed by atoms with Crippen molar-refractivity contribution in [1.29, 1.82) is 0 Å². The van der Waals surface area contributed by atoms with E-state index in [0.29, 0.717) is 18.5 Å². The molecule has 0 saturated carbocycles. The van der Waals surface area contributed by atoms with Gasteiger partial charge in [-0.25, -0.2) is 0 Å². The first-order valence-electron chi connectivity index (χ1n) is 7.43. The summed E-state index contributed by atoms with van der Waals surface area (Å²) in [5, 5.41) is 5.34. The number of nitrogens with zero attached hydrogens (tertiary/aromatic N) is 2. The second-order valence-electron chi connectivity index (χ2n) is 5.26. The number of thioether (sulfide) groups is 1. The molecular weight excluding hydrogens is 294 g/mol. The van der Waals surface area contributed by atoms with Crippen molar-refractivity contribution >= 4 is 23.0 Å². The highest BCUT2D eigenvalue weighted by atomic mass is 32.2. The van der Waals surface area contributed by atoms with E-state index in [2.05, 4.69) is 35.1 Å². The number of aliphatic imine (C=N–C) groups is 1. The minimum atomic E-state index is 0.378. The Balaban J connectivity index is 1.71. The van der Waals surface area contributed by atoms with Gasteiger partial charge in [0.1, 0.15) is 5.75 Å². The monoisotopic (exact) mass is 317 g/mol. The SMILES string of the molecule is C=CC1=NC([C@@H](C)C/C=N\NCc2cccc(OC)c2)CS1. The lowest BCUT2D eigenvalue weighted by Crippen LogP contribution is -2.16. The summed E-state index contributed by atoms with van der Waals surface area (Å²) in [5.41, 5.74) is 4.23. The zero-order valence-corrected chi connectivity index (χ0v) is 14.0. The minimum Gasteiger partial charge on any atom is -0.497 e. The van der Waals surface area contributed by atoms with Crippen LogP contribution in [0.1, 0.15) is 18.9 Å². The highest BCUT2D eigenvalue weighted by Crippen LogP contribution is 2.25. The topological polar surface area (TPSA) is 46.0 Å². The molecule has 118 valence electrons. The van der Waals surface area contributed by atoms with E-state index < -0.39 is 0 Å². The third kappa shape index (κ3) is 4.91. The number of hydrazone groups is 1. The summed E-state index contributed by atoms with van der Waals surface area (Å²) < 4.78 is 5.20. The highest BCUT2D eigenvalue weighted by molar-refractivity contribution is 8.14. The molecule has 1 heterocycles. The molecule has 5 heteroatoms. The molecule has 0 aromatic heterocycles. The molecular formula is C17H23N3OS. The second kappa shape index (κ2) is 8.63. The van der Waals surface area contributed by atoms with Crippen LogP contribution in [0.3, 0.4) is 0 Å². The van der Waals surface area contributed by atoms with Crippen LogP contribution in [0.4, 0.5) is 0 Å². The number of benzene rings is 1. The summed E-state index contributed by atoms with van der Waals surface area (Å²) >= 11 is 1.78. The predicted octanol–water partition coefficient (Wildman–Crippen LogP) is 3.50. The summed E-state index contributed by atoms with van der Waals surface area (Å²) in [5.74, 6) is 2.41. The maximum absolute atomic E-state index is 5.20. The van der Waals surface area contributed by atoms with Gasteiger partial charge in [-0.15, -0.1) is 11.8 Å². The molecule has 2 atom stereocenters. The second-order valence-corrected chi connectivity index (χ2v) is 6.30. The highest BCUT2D eigenvalue weighted by Gasteiger charge is 2.21. The normalized spacial score (nSPS) is 19.0. The molecule has 2 rings (SSSR count). The van der Waals surface area contributed by atoms with E-state index in [0.717, 1.165) is 28.5 Å². The first kappa shape index (κ1) is 16.6. The van der Waals surface area contributed by atoms with E-state index in [1.165, 1.54) is 0 Å². The quantitative estimate of drug-likeness (QED) is 0.589. The van der Waals surface area contributed by atoms with Crippen LogP contribution in [0.2, 0.25) is 0 Å². The summed E-state index contributed by atoms with van der Waals surface area (Å²) in [6.07, 6.45) is 4.70. The Labute approximate surface area is 136 Å². The first-order chi connectivity index (χ1) is 10.7. The van der Waals surface area contributed by atoms with E-state index in [-0.39, 0.29) is 0 Å². The fourth-order valence-electron chi connectivity index (χ4n) is 2.17. The van der Waals surface area contributed by atoms with Gasteiger partial charge in [0.2, 0.25) is 0 Å². The summed E-state index contributed by atoms with van der Waals surface area (Å²) in [7, 11) is 1.67. The molecule has 0 fully saturated rings. The van der Waals surface area contributed by atoms with Gasteiger partial charge in [-0.2, -0.15) is 5.10 Å². The van der Waals surface area contributed by atoms with Crippen molar-refractivity contribution in [3.63, 3.8) is 0 Å². The largest absolute Gasteiger partial charge is 0.497 e. The molecule has 0 spiro atoms. The van der Waals surface area contributed by atoms with E-state index in [1.54, 1.807) is 18.9 Å². The van der Waals surface area contributed by atoms with Gasteiger partial charge >= 0.3 is 0 Å². The zero-order valence-electron chi connectivity index (χ0n) is 13.2. The van der Waals surface area contributed by atoms with E-state index >= 15 is 0 Å². The van der Waals surface area contributed by atoms with Gasteiger partial charge in [0.15, 0.2) is 0 Å². The number of hydrogen-bond acceptors (Lipinski definition) is 5. The summed E-state index contributed by atoms with van der Waals surface area (Å²) in [6, 6.07) is 8.35. The van der Waals surface area contributed by atoms with Gasteiger partial charge in [0.25, 0.3) is 0 Å². The summed E-state index contributed by atoms with van der Waals surface area (Å²) in [4.78, 5) is 4.64. The molecule has 22 heavy (non-hydrogen) atoms. The van der Waals surface area contributed by atoms with Gasteiger partial charge < -0.3 is 10.2 Å². The Bertz CT molecular complexity index is 557. The Morgan fingerprint density at radius 1 is 1.59 bits per heavy atom. The van der Waals surface area contributed by atoms with Gasteiger partial charge in [-0.1, -0.05) is 25.6 Å². The minimum absolute atomic E-state index is 0.378. The Morgan fingerprint density at radius 3 is 3.18 bits per heavy atom. The van der Waals surface area contributed by atoms with Crippen LogP contribution in [-0.4, -0.2) is 30.2 Å². The van der Waals surface area contributed by atoms with Crippen molar-refractivity contribution in [2.75, 3.05) is 12.9 Å². The number of methoxy groups -OCH3 is 1. The van der Waals surface area contributed by atoms with Crippen molar-refractivity contribution in [1.82, 2.24) is 5.43 Å². The van der Waals surface area contributed by atoms with Crippen LogP contribution in [0.15, 0.2) is 47.0 Å². The van der Waals surface area contributed by atoms with Crippen molar-refractivity contribution in [2.24, 2.45) is 16.0 Å². The molecule has 0 bridgehead atoms. The standard InChI is InChI=1S/C17H23N3OS/c1-4-17-20-16(12-22-17)13(2)8-9-18-19-11-14-6-5-7-15(10-14)21-3/h4-7,9-10,13,16,19H,1,8,11-12H2,2-3H3/b18-9-/t13-,16?/m0/s1. The Hall–Kier alpha value is -1.75. The van der Waals surface area contributed by atoms with Crippen LogP contribution >= 0.6 is 11.8 Å². The maximum Gasteiger partial charge on any atom is 0.119 e. The predicted molar refractivity (Wildman–Crippen MR) is 96.0 cm³/mol. The molecule has 0 radical (unpaired) electrons. The van der Waals surface area contributed by atoms with E-state index in [1.807, 2.05) is 30.5 Å². The smallest absolute Gasteiger partial charge is 0.119 e. The van der Waals surface area contributed by atoms with Crippen LogP contribution in [0, 0.1) is 5.92 Å². The van der Waals surface area contributed by atoms with Crippen LogP contribution in [0.5, 0.6) is 5.75 Å². The molecule has 1 aliphatic rings.